The van der Waals surface area contributed by atoms with Crippen molar-refractivity contribution in [3.8, 4) is 0 Å². The molecule has 1 rings (SSSR count). The van der Waals surface area contributed by atoms with Crippen molar-refractivity contribution in [2.24, 2.45) is 0 Å². The first-order valence-electron chi connectivity index (χ1n) is 5.90. The molecule has 1 N–H and O–H groups in total. The van der Waals surface area contributed by atoms with Gasteiger partial charge in [-0.05, 0) is 6.07 Å². The van der Waals surface area contributed by atoms with Gasteiger partial charge in [-0.25, -0.2) is 8.78 Å². The van der Waals surface area contributed by atoms with Gasteiger partial charge in [-0.2, -0.15) is 0 Å². The van der Waals surface area contributed by atoms with E-state index >= 15 is 0 Å². The highest BCUT2D eigenvalue weighted by molar-refractivity contribution is 5.78. The third kappa shape index (κ3) is 4.57. The molecule has 0 bridgehead atoms. The lowest BCUT2D eigenvalue weighted by Gasteiger charge is -2.21. The smallest absolute Gasteiger partial charge is 0.227 e. The molecule has 4 nitrogen and oxygen atoms in total. The van der Waals surface area contributed by atoms with E-state index in [9.17, 15) is 13.6 Å². The molecule has 1 aromatic carbocycles. The summed E-state index contributed by atoms with van der Waals surface area (Å²) in [6.07, 6.45) is -0.243. The van der Waals surface area contributed by atoms with Gasteiger partial charge >= 0.3 is 0 Å². The highest BCUT2D eigenvalue weighted by atomic mass is 19.2. The minimum absolute atomic E-state index is 0.00496. The van der Waals surface area contributed by atoms with Crippen LogP contribution in [0.1, 0.15) is 5.56 Å². The molecule has 0 saturated carbocycles. The number of hydrogen-bond donors (Lipinski definition) is 1. The zero-order chi connectivity index (χ0) is 14.3. The molecule has 0 aliphatic heterocycles. The van der Waals surface area contributed by atoms with E-state index < -0.39 is 11.6 Å². The molecule has 0 radical (unpaired) electrons. The molecule has 0 fully saturated rings. The molecule has 19 heavy (non-hydrogen) atoms. The van der Waals surface area contributed by atoms with Crippen LogP contribution in [-0.4, -0.2) is 49.3 Å². The predicted octanol–water partition coefficient (Wildman–Crippen LogP) is 0.975. The maximum Gasteiger partial charge on any atom is 0.227 e. The molecule has 0 aliphatic rings. The van der Waals surface area contributed by atoms with E-state index in [1.807, 2.05) is 0 Å². The zero-order valence-corrected chi connectivity index (χ0v) is 10.7. The van der Waals surface area contributed by atoms with Gasteiger partial charge in [-0.15, -0.1) is 0 Å². The average molecular weight is 273 g/mol. The van der Waals surface area contributed by atoms with Crippen molar-refractivity contribution < 1.29 is 23.4 Å². The first kappa shape index (κ1) is 15.5. The van der Waals surface area contributed by atoms with Crippen LogP contribution in [0.5, 0.6) is 0 Å². The lowest BCUT2D eigenvalue weighted by Crippen LogP contribution is -2.37. The third-order valence-corrected chi connectivity index (χ3v) is 2.66. The Hall–Kier alpha value is -1.53. The largest absolute Gasteiger partial charge is 0.395 e. The van der Waals surface area contributed by atoms with Gasteiger partial charge in [-0.3, -0.25) is 4.79 Å². The third-order valence-electron chi connectivity index (χ3n) is 2.66. The van der Waals surface area contributed by atoms with E-state index in [0.29, 0.717) is 13.2 Å². The van der Waals surface area contributed by atoms with Crippen LogP contribution in [0.25, 0.3) is 0 Å². The van der Waals surface area contributed by atoms with E-state index in [1.165, 1.54) is 24.1 Å². The molecule has 1 aromatic rings. The van der Waals surface area contributed by atoms with Crippen molar-refractivity contribution >= 4 is 5.91 Å². The number of halogens is 2. The summed E-state index contributed by atoms with van der Waals surface area (Å²) < 4.78 is 31.3. The zero-order valence-electron chi connectivity index (χ0n) is 10.7. The summed E-state index contributed by atoms with van der Waals surface area (Å²) in [5, 5.41) is 8.88. The van der Waals surface area contributed by atoms with Crippen molar-refractivity contribution in [2.45, 2.75) is 6.42 Å². The average Bonchev–Trinajstić information content (AvgIpc) is 2.39. The molecule has 0 aliphatic carbocycles. The SMILES string of the molecule is COCCN(CCO)C(=O)Cc1cccc(F)c1F. The minimum atomic E-state index is -1.01. The molecule has 0 spiro atoms. The summed E-state index contributed by atoms with van der Waals surface area (Å²) >= 11 is 0. The van der Waals surface area contributed by atoms with Gasteiger partial charge in [0.1, 0.15) is 0 Å². The summed E-state index contributed by atoms with van der Waals surface area (Å²) in [4.78, 5) is 13.3. The van der Waals surface area contributed by atoms with E-state index in [1.54, 1.807) is 0 Å². The van der Waals surface area contributed by atoms with E-state index in [2.05, 4.69) is 0 Å². The van der Waals surface area contributed by atoms with Crippen LogP contribution in [0.3, 0.4) is 0 Å². The molecule has 0 saturated heterocycles. The number of benzene rings is 1. The van der Waals surface area contributed by atoms with Crippen LogP contribution in [-0.2, 0) is 16.0 Å². The van der Waals surface area contributed by atoms with Gasteiger partial charge in [-0.1, -0.05) is 12.1 Å². The molecule has 0 atom stereocenters. The summed E-state index contributed by atoms with van der Waals surface area (Å²) in [6.45, 7) is 0.560. The van der Waals surface area contributed by atoms with Gasteiger partial charge in [0.2, 0.25) is 5.91 Å². The van der Waals surface area contributed by atoms with Crippen molar-refractivity contribution in [3.05, 3.63) is 35.4 Å². The monoisotopic (exact) mass is 273 g/mol. The van der Waals surface area contributed by atoms with Crippen LogP contribution in [0.15, 0.2) is 18.2 Å². The van der Waals surface area contributed by atoms with Crippen LogP contribution in [0, 0.1) is 11.6 Å². The van der Waals surface area contributed by atoms with E-state index in [-0.39, 0.29) is 31.0 Å². The van der Waals surface area contributed by atoms with Crippen LogP contribution in [0.2, 0.25) is 0 Å². The lowest BCUT2D eigenvalue weighted by atomic mass is 10.1. The van der Waals surface area contributed by atoms with Crippen LogP contribution >= 0.6 is 0 Å². The Morgan fingerprint density at radius 1 is 1.37 bits per heavy atom. The Balaban J connectivity index is 2.72. The van der Waals surface area contributed by atoms with Crippen LogP contribution < -0.4 is 0 Å². The lowest BCUT2D eigenvalue weighted by molar-refractivity contribution is -0.131. The van der Waals surface area contributed by atoms with Crippen molar-refractivity contribution in [1.82, 2.24) is 4.90 Å². The summed E-state index contributed by atoms with van der Waals surface area (Å²) in [7, 11) is 1.49. The second-order valence-corrected chi connectivity index (χ2v) is 3.99. The van der Waals surface area contributed by atoms with Crippen molar-refractivity contribution in [2.75, 3.05) is 33.4 Å². The molecule has 6 heteroatoms. The summed E-state index contributed by atoms with van der Waals surface area (Å²) in [5.41, 5.74) is 0.00496. The topological polar surface area (TPSA) is 49.8 Å². The van der Waals surface area contributed by atoms with Gasteiger partial charge in [0.25, 0.3) is 0 Å². The first-order valence-corrected chi connectivity index (χ1v) is 5.90. The Morgan fingerprint density at radius 3 is 2.74 bits per heavy atom. The Morgan fingerprint density at radius 2 is 2.11 bits per heavy atom. The number of aliphatic hydroxyl groups is 1. The molecule has 106 valence electrons. The normalized spacial score (nSPS) is 10.5. The summed E-state index contributed by atoms with van der Waals surface area (Å²) in [5.74, 6) is -2.36. The van der Waals surface area contributed by atoms with Crippen molar-refractivity contribution in [3.63, 3.8) is 0 Å². The highest BCUT2D eigenvalue weighted by Gasteiger charge is 2.16. The van der Waals surface area contributed by atoms with Crippen molar-refractivity contribution in [1.29, 1.82) is 0 Å². The fraction of sp³-hybridized carbons (Fsp3) is 0.462. The number of amides is 1. The number of nitrogens with zero attached hydrogens (tertiary/aromatic N) is 1. The molecule has 0 aromatic heterocycles. The fourth-order valence-corrected chi connectivity index (χ4v) is 1.64. The first-order chi connectivity index (χ1) is 9.10. The highest BCUT2D eigenvalue weighted by Crippen LogP contribution is 2.12. The van der Waals surface area contributed by atoms with Gasteiger partial charge < -0.3 is 14.7 Å². The second kappa shape index (κ2) is 7.81. The quantitative estimate of drug-likeness (QED) is 0.805. The van der Waals surface area contributed by atoms with Crippen LogP contribution in [0.4, 0.5) is 8.78 Å². The number of carbonyl (C=O) groups is 1. The molecule has 0 unspecified atom stereocenters. The standard InChI is InChI=1S/C13H17F2NO3/c1-19-8-6-16(5-7-17)12(18)9-10-3-2-4-11(14)13(10)15/h2-4,17H,5-9H2,1H3. The number of ether oxygens (including phenoxy) is 1. The van der Waals surface area contributed by atoms with E-state index in [0.717, 1.165) is 6.07 Å². The number of rotatable bonds is 7. The van der Waals surface area contributed by atoms with Gasteiger partial charge in [0, 0.05) is 25.8 Å². The van der Waals surface area contributed by atoms with Gasteiger partial charge in [0.15, 0.2) is 11.6 Å². The Kier molecular flexibility index (Phi) is 6.38. The molecular weight excluding hydrogens is 256 g/mol. The fourth-order valence-electron chi connectivity index (χ4n) is 1.64. The maximum atomic E-state index is 13.4. The number of carbonyl (C=O) groups excluding carboxylic acids is 1. The molecule has 0 heterocycles. The second-order valence-electron chi connectivity index (χ2n) is 3.99. The summed E-state index contributed by atoms with van der Waals surface area (Å²) in [6, 6.07) is 3.72. The number of aliphatic hydroxyl groups excluding tert-OH is 1. The van der Waals surface area contributed by atoms with E-state index in [4.69, 9.17) is 9.84 Å². The Bertz CT molecular complexity index is 426. The molecule has 1 amide bonds. The Labute approximate surface area is 110 Å². The van der Waals surface area contributed by atoms with Gasteiger partial charge in [0.05, 0.1) is 19.6 Å². The minimum Gasteiger partial charge on any atom is -0.395 e. The maximum absolute atomic E-state index is 13.4. The number of methoxy groups -OCH3 is 1. The molecular formula is C13H17F2NO3. The predicted molar refractivity (Wildman–Crippen MR) is 65.6 cm³/mol. The number of hydrogen-bond acceptors (Lipinski definition) is 3.